The Kier molecular flexibility index (Phi) is 11.4. The summed E-state index contributed by atoms with van der Waals surface area (Å²) in [5, 5.41) is 3.36. The molecule has 2 saturated heterocycles. The number of piperazine rings is 1. The molecular weight excluding hydrogens is 608 g/mol. The van der Waals surface area contributed by atoms with Crippen LogP contribution in [-0.2, 0) is 48.0 Å². The number of hydrogen-bond acceptors (Lipinski definition) is 7. The first-order chi connectivity index (χ1) is 21.0. The number of benzene rings is 2. The summed E-state index contributed by atoms with van der Waals surface area (Å²) in [6, 6.07) is 11.5. The molecule has 0 spiro atoms. The molecule has 0 bridgehead atoms. The van der Waals surface area contributed by atoms with Gasteiger partial charge < -0.3 is 25.8 Å². The highest BCUT2D eigenvalue weighted by Crippen LogP contribution is 2.22. The Balaban J connectivity index is 1.49. The van der Waals surface area contributed by atoms with Gasteiger partial charge in [0.1, 0.15) is 12.1 Å². The lowest BCUT2D eigenvalue weighted by atomic mass is 10.1. The van der Waals surface area contributed by atoms with Crippen LogP contribution in [0.5, 0.6) is 0 Å². The van der Waals surface area contributed by atoms with Crippen LogP contribution in [0.15, 0.2) is 48.5 Å². The number of sulfonamides is 1. The third kappa shape index (κ3) is 8.78. The second kappa shape index (κ2) is 15.0. The number of nitrogens with one attached hydrogen (secondary N) is 2. The first-order valence-corrected chi connectivity index (χ1v) is 16.6. The minimum atomic E-state index is -4.05. The van der Waals surface area contributed by atoms with Gasteiger partial charge >= 0.3 is 0 Å². The fourth-order valence-corrected chi connectivity index (χ4v) is 7.09. The molecule has 2 fully saturated rings. The van der Waals surface area contributed by atoms with E-state index in [4.69, 9.17) is 17.3 Å². The van der Waals surface area contributed by atoms with Crippen LogP contribution in [0.2, 0.25) is 5.02 Å². The molecule has 12 nitrogen and oxygen atoms in total. The quantitative estimate of drug-likeness (QED) is 0.328. The third-order valence-corrected chi connectivity index (χ3v) is 9.55. The Bertz CT molecular complexity index is 1470. The molecule has 2 aliphatic rings. The van der Waals surface area contributed by atoms with Gasteiger partial charge in [0.05, 0.1) is 12.2 Å². The lowest BCUT2D eigenvalue weighted by Crippen LogP contribution is -2.56. The average Bonchev–Trinajstić information content (AvgIpc) is 3.49. The summed E-state index contributed by atoms with van der Waals surface area (Å²) in [5.41, 5.74) is 7.93. The van der Waals surface area contributed by atoms with Gasteiger partial charge in [-0.05, 0) is 41.7 Å². The monoisotopic (exact) mass is 646 g/mol. The maximum atomic E-state index is 13.9. The zero-order valence-electron chi connectivity index (χ0n) is 24.7. The number of amides is 4. The first kappa shape index (κ1) is 33.4. The van der Waals surface area contributed by atoms with Crippen molar-refractivity contribution in [1.82, 2.24) is 24.7 Å². The molecule has 44 heavy (non-hydrogen) atoms. The summed E-state index contributed by atoms with van der Waals surface area (Å²) in [7, 11) is -4.05. The molecule has 0 radical (unpaired) electrons. The second-order valence-electron chi connectivity index (χ2n) is 11.0. The Morgan fingerprint density at radius 1 is 0.977 bits per heavy atom. The van der Waals surface area contributed by atoms with Crippen LogP contribution in [0, 0.1) is 0 Å². The van der Waals surface area contributed by atoms with E-state index in [2.05, 4.69) is 10.0 Å². The minimum absolute atomic E-state index is 0.0909. The third-order valence-electron chi connectivity index (χ3n) is 7.96. The molecule has 4 amide bonds. The lowest BCUT2D eigenvalue weighted by Gasteiger charge is -2.35. The Labute approximate surface area is 262 Å². The molecule has 238 valence electrons. The summed E-state index contributed by atoms with van der Waals surface area (Å²) in [5.74, 6) is -1.91. The average molecular weight is 647 g/mol. The molecule has 2 aromatic carbocycles. The topological polar surface area (TPSA) is 162 Å². The fraction of sp³-hybridized carbons (Fsp3) is 0.467. The van der Waals surface area contributed by atoms with E-state index in [0.717, 1.165) is 11.1 Å². The second-order valence-corrected chi connectivity index (χ2v) is 13.2. The molecule has 1 unspecified atom stereocenters. The highest BCUT2D eigenvalue weighted by atomic mass is 35.5. The Morgan fingerprint density at radius 2 is 1.66 bits per heavy atom. The van der Waals surface area contributed by atoms with Crippen molar-refractivity contribution in [2.45, 2.75) is 57.1 Å². The van der Waals surface area contributed by atoms with Gasteiger partial charge in [0, 0.05) is 57.8 Å². The van der Waals surface area contributed by atoms with Crippen molar-refractivity contribution < 1.29 is 27.6 Å². The molecular formula is C30H39ClN6O6S. The van der Waals surface area contributed by atoms with Crippen molar-refractivity contribution in [3.8, 4) is 0 Å². The van der Waals surface area contributed by atoms with Crippen LogP contribution in [0.25, 0.3) is 0 Å². The molecule has 14 heteroatoms. The summed E-state index contributed by atoms with van der Waals surface area (Å²) >= 11 is 6.13. The van der Waals surface area contributed by atoms with Crippen LogP contribution in [0.1, 0.15) is 42.9 Å². The van der Waals surface area contributed by atoms with E-state index in [9.17, 15) is 27.6 Å². The van der Waals surface area contributed by atoms with Gasteiger partial charge in [-0.1, -0.05) is 48.0 Å². The van der Waals surface area contributed by atoms with E-state index >= 15 is 0 Å². The molecule has 0 aromatic heterocycles. The normalized spacial score (nSPS) is 17.8. The highest BCUT2D eigenvalue weighted by Gasteiger charge is 2.40. The van der Waals surface area contributed by atoms with Crippen LogP contribution in [0.4, 0.5) is 0 Å². The van der Waals surface area contributed by atoms with Gasteiger partial charge in [0.2, 0.25) is 33.7 Å². The van der Waals surface area contributed by atoms with Gasteiger partial charge in [-0.15, -0.1) is 0 Å². The van der Waals surface area contributed by atoms with E-state index < -0.39 is 46.2 Å². The standard InChI is InChI=1S/C30H39ClN6O6S/c1-21(38)35-12-14-36(15-13-35)28(39)17-26(34-44(42,43)20-22-6-3-2-4-7-22)30(41)37-11-5-8-27(37)29(40)33-19-24-16-25(31)10-9-23(24)18-32/h2-4,6-7,9-10,16,26-27,34H,5,8,11-15,17-20,32H2,1H3,(H,33,40)/t26?,27-/m0/s1. The minimum Gasteiger partial charge on any atom is -0.350 e. The number of hydrogen-bond donors (Lipinski definition) is 3. The van der Waals surface area contributed by atoms with Crippen molar-refractivity contribution in [2.24, 2.45) is 5.73 Å². The van der Waals surface area contributed by atoms with Crippen molar-refractivity contribution in [3.05, 3.63) is 70.2 Å². The zero-order valence-corrected chi connectivity index (χ0v) is 26.3. The van der Waals surface area contributed by atoms with Gasteiger partial charge in [-0.25, -0.2) is 13.1 Å². The fourth-order valence-electron chi connectivity index (χ4n) is 5.57. The Morgan fingerprint density at radius 3 is 2.32 bits per heavy atom. The van der Waals surface area contributed by atoms with Crippen LogP contribution in [-0.4, -0.2) is 91.6 Å². The smallest absolute Gasteiger partial charge is 0.243 e. The van der Waals surface area contributed by atoms with Gasteiger partial charge in [-0.3, -0.25) is 19.2 Å². The molecule has 2 aromatic rings. The molecule has 4 rings (SSSR count). The predicted molar refractivity (Wildman–Crippen MR) is 165 cm³/mol. The van der Waals surface area contributed by atoms with Crippen LogP contribution < -0.4 is 15.8 Å². The predicted octanol–water partition coefficient (Wildman–Crippen LogP) is 0.975. The van der Waals surface area contributed by atoms with Crippen molar-refractivity contribution in [1.29, 1.82) is 0 Å². The summed E-state index contributed by atoms with van der Waals surface area (Å²) in [6.45, 7) is 3.38. The molecule has 2 aliphatic heterocycles. The molecule has 0 aliphatic carbocycles. The number of halogens is 1. The van der Waals surface area contributed by atoms with E-state index in [1.807, 2.05) is 0 Å². The molecule has 2 atom stereocenters. The Hall–Kier alpha value is -3.52. The first-order valence-electron chi connectivity index (χ1n) is 14.6. The van der Waals surface area contributed by atoms with Gasteiger partial charge in [0.15, 0.2) is 0 Å². The molecule has 4 N–H and O–H groups in total. The zero-order chi connectivity index (χ0) is 31.9. The lowest BCUT2D eigenvalue weighted by molar-refractivity contribution is -0.143. The summed E-state index contributed by atoms with van der Waals surface area (Å²) < 4.78 is 28.9. The molecule has 2 heterocycles. The van der Waals surface area contributed by atoms with Gasteiger partial charge in [0.25, 0.3) is 0 Å². The highest BCUT2D eigenvalue weighted by molar-refractivity contribution is 7.88. The van der Waals surface area contributed by atoms with Crippen LogP contribution in [0.3, 0.4) is 0 Å². The van der Waals surface area contributed by atoms with Crippen molar-refractivity contribution in [3.63, 3.8) is 0 Å². The number of nitrogens with two attached hydrogens (primary N) is 1. The maximum Gasteiger partial charge on any atom is 0.243 e. The van der Waals surface area contributed by atoms with E-state index in [0.29, 0.717) is 36.5 Å². The van der Waals surface area contributed by atoms with Crippen molar-refractivity contribution in [2.75, 3.05) is 32.7 Å². The number of carbonyl (C=O) groups is 4. The van der Waals surface area contributed by atoms with E-state index in [1.165, 1.54) is 16.7 Å². The van der Waals surface area contributed by atoms with Gasteiger partial charge in [-0.2, -0.15) is 0 Å². The summed E-state index contributed by atoms with van der Waals surface area (Å²) in [6.07, 6.45) is 0.515. The number of nitrogens with zero attached hydrogens (tertiary/aromatic N) is 3. The summed E-state index contributed by atoms with van der Waals surface area (Å²) in [4.78, 5) is 56.8. The largest absolute Gasteiger partial charge is 0.350 e. The van der Waals surface area contributed by atoms with E-state index in [-0.39, 0.29) is 44.4 Å². The van der Waals surface area contributed by atoms with Crippen LogP contribution >= 0.6 is 11.6 Å². The number of rotatable bonds is 11. The number of likely N-dealkylation sites (tertiary alicyclic amines) is 1. The van der Waals surface area contributed by atoms with Crippen molar-refractivity contribution >= 4 is 45.3 Å². The number of carbonyl (C=O) groups excluding carboxylic acids is 4. The maximum absolute atomic E-state index is 13.9. The SMILES string of the molecule is CC(=O)N1CCN(C(=O)CC(NS(=O)(=O)Cc2ccccc2)C(=O)N2CCC[C@H]2C(=O)NCc2cc(Cl)ccc2CN)CC1. The van der Waals surface area contributed by atoms with E-state index in [1.54, 1.807) is 53.4 Å². The molecule has 0 saturated carbocycles.